The molecule has 1 unspecified atom stereocenters. The minimum atomic E-state index is -3.99. The summed E-state index contributed by atoms with van der Waals surface area (Å²) in [6.45, 7) is 2.97. The molecule has 0 bridgehead atoms. The summed E-state index contributed by atoms with van der Waals surface area (Å²) in [6.07, 6.45) is 0.0467. The highest BCUT2D eigenvalue weighted by molar-refractivity contribution is 4.91. The lowest BCUT2D eigenvalue weighted by molar-refractivity contribution is -0.135. The van der Waals surface area contributed by atoms with E-state index in [0.717, 1.165) is 32.1 Å². The van der Waals surface area contributed by atoms with E-state index in [1.54, 1.807) is 0 Å². The van der Waals surface area contributed by atoms with E-state index in [-0.39, 0.29) is 6.42 Å². The maximum Gasteiger partial charge on any atom is 0.389 e. The van der Waals surface area contributed by atoms with Crippen molar-refractivity contribution in [3.63, 3.8) is 0 Å². The van der Waals surface area contributed by atoms with Crippen molar-refractivity contribution >= 4 is 0 Å². The minimum absolute atomic E-state index is 0.246. The predicted octanol–water partition coefficient (Wildman–Crippen LogP) is 2.55. The number of unbranched alkanes of at least 4 members (excludes halogenated alkanes) is 1. The molecule has 17 heavy (non-hydrogen) atoms. The normalized spacial score (nSPS) is 26.6. The van der Waals surface area contributed by atoms with Crippen molar-refractivity contribution in [1.29, 1.82) is 0 Å². The lowest BCUT2D eigenvalue weighted by Crippen LogP contribution is -2.33. The summed E-state index contributed by atoms with van der Waals surface area (Å²) in [5.74, 6) is 0. The van der Waals surface area contributed by atoms with Crippen LogP contribution in [0.3, 0.4) is 0 Å². The van der Waals surface area contributed by atoms with Gasteiger partial charge in [-0.2, -0.15) is 13.2 Å². The fraction of sp³-hybridized carbons (Fsp3) is 1.00. The molecule has 2 aliphatic rings. The first-order chi connectivity index (χ1) is 8.04. The van der Waals surface area contributed by atoms with E-state index in [0.29, 0.717) is 12.5 Å². The average Bonchev–Trinajstić information content (AvgIpc) is 2.97. The van der Waals surface area contributed by atoms with Gasteiger partial charge >= 0.3 is 6.18 Å². The maximum atomic E-state index is 11.9. The first-order valence-electron chi connectivity index (χ1n) is 6.59. The summed E-state index contributed by atoms with van der Waals surface area (Å²) in [7, 11) is 0. The summed E-state index contributed by atoms with van der Waals surface area (Å²) < 4.78 is 35.7. The second kappa shape index (κ2) is 5.57. The van der Waals surface area contributed by atoms with Crippen molar-refractivity contribution in [3.05, 3.63) is 0 Å². The average molecular weight is 250 g/mol. The Morgan fingerprint density at radius 2 is 1.88 bits per heavy atom. The first-order valence-corrected chi connectivity index (χ1v) is 6.59. The molecule has 2 fully saturated rings. The molecular weight excluding hydrogens is 229 g/mol. The Balaban J connectivity index is 1.48. The molecule has 1 aliphatic heterocycles. The zero-order chi connectivity index (χ0) is 12.3. The monoisotopic (exact) mass is 250 g/mol. The van der Waals surface area contributed by atoms with Gasteiger partial charge in [-0.25, -0.2) is 0 Å². The van der Waals surface area contributed by atoms with Crippen LogP contribution in [0.4, 0.5) is 13.2 Å². The lowest BCUT2D eigenvalue weighted by Gasteiger charge is -2.15. The second-order valence-electron chi connectivity index (χ2n) is 5.24. The molecule has 1 atom stereocenters. The summed E-state index contributed by atoms with van der Waals surface area (Å²) >= 11 is 0. The second-order valence-corrected chi connectivity index (χ2v) is 5.24. The lowest BCUT2D eigenvalue weighted by atomic mass is 10.2. The van der Waals surface area contributed by atoms with Crippen LogP contribution in [-0.2, 0) is 0 Å². The zero-order valence-electron chi connectivity index (χ0n) is 10.1. The molecule has 0 aromatic heterocycles. The summed E-state index contributed by atoms with van der Waals surface area (Å²) in [4.78, 5) is 2.51. The van der Waals surface area contributed by atoms with Crippen LogP contribution in [0, 0.1) is 0 Å². The van der Waals surface area contributed by atoms with E-state index >= 15 is 0 Å². The predicted molar refractivity (Wildman–Crippen MR) is 60.9 cm³/mol. The quantitative estimate of drug-likeness (QED) is 0.729. The molecule has 0 spiro atoms. The van der Waals surface area contributed by atoms with Gasteiger partial charge in [-0.1, -0.05) is 0 Å². The first kappa shape index (κ1) is 13.1. The van der Waals surface area contributed by atoms with Crippen LogP contribution in [0.25, 0.3) is 0 Å². The van der Waals surface area contributed by atoms with E-state index in [4.69, 9.17) is 0 Å². The molecule has 0 radical (unpaired) electrons. The Hall–Kier alpha value is -0.290. The number of hydrogen-bond acceptors (Lipinski definition) is 2. The number of likely N-dealkylation sites (tertiary alicyclic amines) is 1. The van der Waals surface area contributed by atoms with Gasteiger partial charge in [0, 0.05) is 31.6 Å². The van der Waals surface area contributed by atoms with E-state index in [1.807, 2.05) is 0 Å². The zero-order valence-corrected chi connectivity index (χ0v) is 10.1. The summed E-state index contributed by atoms with van der Waals surface area (Å²) in [6, 6.07) is 1.31. The van der Waals surface area contributed by atoms with Crippen molar-refractivity contribution < 1.29 is 13.2 Å². The molecular formula is C12H21F3N2. The van der Waals surface area contributed by atoms with Crippen molar-refractivity contribution in [2.24, 2.45) is 0 Å². The molecule has 1 aliphatic carbocycles. The number of hydrogen-bond donors (Lipinski definition) is 1. The maximum absolute atomic E-state index is 11.9. The summed E-state index contributed by atoms with van der Waals surface area (Å²) in [5.41, 5.74) is 0. The van der Waals surface area contributed by atoms with E-state index in [2.05, 4.69) is 10.2 Å². The van der Waals surface area contributed by atoms with Crippen LogP contribution in [0.15, 0.2) is 0 Å². The highest BCUT2D eigenvalue weighted by atomic mass is 19.4. The molecule has 0 aromatic carbocycles. The van der Waals surface area contributed by atoms with Gasteiger partial charge in [0.1, 0.15) is 0 Å². The van der Waals surface area contributed by atoms with Crippen LogP contribution in [0.2, 0.25) is 0 Å². The Bertz CT molecular complexity index is 238. The van der Waals surface area contributed by atoms with Crippen LogP contribution < -0.4 is 5.32 Å². The number of nitrogens with one attached hydrogen (secondary N) is 1. The highest BCUT2D eigenvalue weighted by Gasteiger charge is 2.34. The Morgan fingerprint density at radius 1 is 1.12 bits per heavy atom. The molecule has 1 N–H and O–H groups in total. The van der Waals surface area contributed by atoms with Crippen molar-refractivity contribution in [1.82, 2.24) is 10.2 Å². The molecule has 100 valence electrons. The van der Waals surface area contributed by atoms with Crippen LogP contribution >= 0.6 is 0 Å². The fourth-order valence-corrected chi connectivity index (χ4v) is 2.48. The molecule has 5 heteroatoms. The molecule has 1 heterocycles. The topological polar surface area (TPSA) is 15.3 Å². The third-order valence-corrected chi connectivity index (χ3v) is 3.60. The SMILES string of the molecule is FC(F)(F)CCCCNC1CCN(C2CC2)C1. The van der Waals surface area contributed by atoms with E-state index in [9.17, 15) is 13.2 Å². The standard InChI is InChI=1S/C12H21F3N2/c13-12(14,15)6-1-2-7-16-10-5-8-17(9-10)11-3-4-11/h10-11,16H,1-9H2. The van der Waals surface area contributed by atoms with Crippen molar-refractivity contribution in [3.8, 4) is 0 Å². The number of alkyl halides is 3. The molecule has 0 amide bonds. The highest BCUT2D eigenvalue weighted by Crippen LogP contribution is 2.29. The van der Waals surface area contributed by atoms with Gasteiger partial charge in [0.25, 0.3) is 0 Å². The van der Waals surface area contributed by atoms with Gasteiger partial charge in [-0.3, -0.25) is 4.90 Å². The minimum Gasteiger partial charge on any atom is -0.313 e. The van der Waals surface area contributed by atoms with E-state index in [1.165, 1.54) is 12.8 Å². The number of nitrogens with zero attached hydrogens (tertiary/aromatic N) is 1. The fourth-order valence-electron chi connectivity index (χ4n) is 2.48. The van der Waals surface area contributed by atoms with Gasteiger partial charge in [0.15, 0.2) is 0 Å². The molecule has 2 rings (SSSR count). The molecule has 1 saturated carbocycles. The van der Waals surface area contributed by atoms with Crippen LogP contribution in [-0.4, -0.2) is 42.8 Å². The van der Waals surface area contributed by atoms with Crippen LogP contribution in [0.5, 0.6) is 0 Å². The number of halogens is 3. The van der Waals surface area contributed by atoms with Gasteiger partial charge < -0.3 is 5.32 Å². The van der Waals surface area contributed by atoms with E-state index < -0.39 is 12.6 Å². The van der Waals surface area contributed by atoms with Crippen molar-refractivity contribution in [2.45, 2.75) is 56.8 Å². The van der Waals surface area contributed by atoms with Gasteiger partial charge in [0.2, 0.25) is 0 Å². The molecule has 1 saturated heterocycles. The van der Waals surface area contributed by atoms with Gasteiger partial charge in [0.05, 0.1) is 0 Å². The van der Waals surface area contributed by atoms with Crippen LogP contribution in [0.1, 0.15) is 38.5 Å². The Morgan fingerprint density at radius 3 is 2.53 bits per heavy atom. The smallest absolute Gasteiger partial charge is 0.313 e. The Kier molecular flexibility index (Phi) is 4.31. The molecule has 0 aromatic rings. The van der Waals surface area contributed by atoms with Gasteiger partial charge in [-0.05, 0) is 38.6 Å². The Labute approximate surface area is 101 Å². The molecule has 2 nitrogen and oxygen atoms in total. The summed E-state index contributed by atoms with van der Waals surface area (Å²) in [5, 5.41) is 3.37. The van der Waals surface area contributed by atoms with Gasteiger partial charge in [-0.15, -0.1) is 0 Å². The third kappa shape index (κ3) is 4.84. The third-order valence-electron chi connectivity index (χ3n) is 3.60. The number of rotatable bonds is 6. The largest absolute Gasteiger partial charge is 0.389 e. The van der Waals surface area contributed by atoms with Crippen molar-refractivity contribution in [2.75, 3.05) is 19.6 Å².